The molecule has 120 valence electrons. The smallest absolute Gasteiger partial charge is 0.226 e. The first-order valence-electron chi connectivity index (χ1n) is 7.54. The van der Waals surface area contributed by atoms with Gasteiger partial charge in [-0.05, 0) is 42.0 Å². The highest BCUT2D eigenvalue weighted by Crippen LogP contribution is 2.37. The number of phenols is 1. The molecule has 1 amide bonds. The second-order valence-corrected chi connectivity index (χ2v) is 6.64. The van der Waals surface area contributed by atoms with Gasteiger partial charge in [-0.15, -0.1) is 0 Å². The van der Waals surface area contributed by atoms with Gasteiger partial charge in [-0.2, -0.15) is 0 Å². The molecule has 1 aromatic heterocycles. The second kappa shape index (κ2) is 5.79. The molecule has 2 N–H and O–H groups in total. The maximum absolute atomic E-state index is 12.2. The lowest BCUT2D eigenvalue weighted by Crippen LogP contribution is -2.24. The molecule has 3 aromatic rings. The van der Waals surface area contributed by atoms with Crippen LogP contribution in [-0.4, -0.2) is 20.6 Å². The number of carbonyl (C=O) groups is 1. The molecule has 0 saturated heterocycles. The van der Waals surface area contributed by atoms with Crippen molar-refractivity contribution in [3.63, 3.8) is 0 Å². The Morgan fingerprint density at radius 3 is 2.54 bits per heavy atom. The van der Waals surface area contributed by atoms with E-state index in [9.17, 15) is 9.90 Å². The van der Waals surface area contributed by atoms with Crippen LogP contribution < -0.4 is 5.32 Å². The monoisotopic (exact) mass is 383 g/mol. The first kappa shape index (κ1) is 15.0. The molecule has 1 aliphatic heterocycles. The van der Waals surface area contributed by atoms with Gasteiger partial charge in [-0.3, -0.25) is 9.36 Å². The summed E-state index contributed by atoms with van der Waals surface area (Å²) in [6.07, 6.45) is 2.07. The van der Waals surface area contributed by atoms with Crippen molar-refractivity contribution in [3.05, 3.63) is 70.6 Å². The Bertz CT molecular complexity index is 901. The number of hydrogen-bond donors (Lipinski definition) is 2. The minimum Gasteiger partial charge on any atom is -0.508 e. The fourth-order valence-electron chi connectivity index (χ4n) is 2.99. The highest BCUT2D eigenvalue weighted by Gasteiger charge is 2.30. The molecular weight excluding hydrogens is 370 g/mol. The van der Waals surface area contributed by atoms with Crippen LogP contribution in [0.5, 0.6) is 5.75 Å². The molecule has 1 aliphatic rings. The van der Waals surface area contributed by atoms with Crippen LogP contribution in [0.2, 0.25) is 0 Å². The second-order valence-electron chi connectivity index (χ2n) is 5.72. The lowest BCUT2D eigenvalue weighted by atomic mass is 9.90. The molecule has 0 radical (unpaired) electrons. The number of imidazole rings is 1. The van der Waals surface area contributed by atoms with E-state index in [0.29, 0.717) is 12.2 Å². The van der Waals surface area contributed by atoms with Crippen molar-refractivity contribution in [3.8, 4) is 11.4 Å². The van der Waals surface area contributed by atoms with E-state index in [1.807, 2.05) is 41.0 Å². The summed E-state index contributed by atoms with van der Waals surface area (Å²) in [6, 6.07) is 14.8. The summed E-state index contributed by atoms with van der Waals surface area (Å²) in [5.41, 5.74) is 2.73. The number of hydrogen-bond acceptors (Lipinski definition) is 3. The van der Waals surface area contributed by atoms with Crippen molar-refractivity contribution in [2.45, 2.75) is 12.3 Å². The Labute approximate surface area is 147 Å². The lowest BCUT2D eigenvalue weighted by Gasteiger charge is -2.23. The van der Waals surface area contributed by atoms with Crippen LogP contribution in [0.25, 0.3) is 5.69 Å². The fraction of sp³-hybridized carbons (Fsp3) is 0.111. The van der Waals surface area contributed by atoms with Crippen LogP contribution in [0, 0.1) is 0 Å². The molecule has 4 rings (SSSR count). The molecular formula is C18H14BrN3O2. The predicted molar refractivity (Wildman–Crippen MR) is 94.5 cm³/mol. The summed E-state index contributed by atoms with van der Waals surface area (Å²) in [7, 11) is 0. The van der Waals surface area contributed by atoms with Crippen molar-refractivity contribution in [2.24, 2.45) is 0 Å². The topological polar surface area (TPSA) is 67.1 Å². The van der Waals surface area contributed by atoms with Gasteiger partial charge in [-0.25, -0.2) is 4.98 Å². The largest absolute Gasteiger partial charge is 0.508 e. The molecule has 2 heterocycles. The summed E-state index contributed by atoms with van der Waals surface area (Å²) in [6.45, 7) is 0. The summed E-state index contributed by atoms with van der Waals surface area (Å²) in [4.78, 5) is 16.7. The van der Waals surface area contributed by atoms with E-state index < -0.39 is 0 Å². The van der Waals surface area contributed by atoms with Gasteiger partial charge in [0.15, 0.2) is 0 Å². The third-order valence-corrected chi connectivity index (χ3v) is 4.70. The molecule has 0 fully saturated rings. The van der Waals surface area contributed by atoms with Crippen molar-refractivity contribution in [2.75, 3.05) is 5.32 Å². The molecule has 2 aromatic carbocycles. The summed E-state index contributed by atoms with van der Waals surface area (Å²) in [5, 5.41) is 12.4. The normalized spacial score (nSPS) is 16.5. The SMILES string of the molecule is O=C1CC(c2ccc(O)cc2)c2ncn(-c3ccc(Br)cc3)c2N1. The average Bonchev–Trinajstić information content (AvgIpc) is 2.99. The molecule has 5 nitrogen and oxygen atoms in total. The number of carbonyl (C=O) groups excluding carboxylic acids is 1. The van der Waals surface area contributed by atoms with Gasteiger partial charge < -0.3 is 10.4 Å². The highest BCUT2D eigenvalue weighted by atomic mass is 79.9. The highest BCUT2D eigenvalue weighted by molar-refractivity contribution is 9.10. The Morgan fingerprint density at radius 1 is 1.12 bits per heavy atom. The van der Waals surface area contributed by atoms with Gasteiger partial charge in [-0.1, -0.05) is 28.1 Å². The number of aromatic nitrogens is 2. The number of halogens is 1. The van der Waals surface area contributed by atoms with E-state index in [-0.39, 0.29) is 17.6 Å². The number of phenolic OH excluding ortho intramolecular Hbond substituents is 1. The Morgan fingerprint density at radius 2 is 1.83 bits per heavy atom. The lowest BCUT2D eigenvalue weighted by molar-refractivity contribution is -0.116. The van der Waals surface area contributed by atoms with Crippen LogP contribution in [0.1, 0.15) is 23.6 Å². The van der Waals surface area contributed by atoms with Gasteiger partial charge in [0.05, 0.1) is 5.69 Å². The van der Waals surface area contributed by atoms with Crippen molar-refractivity contribution >= 4 is 27.7 Å². The number of aromatic hydroxyl groups is 1. The van der Waals surface area contributed by atoms with Gasteiger partial charge in [0, 0.05) is 22.5 Å². The van der Waals surface area contributed by atoms with Crippen LogP contribution in [0.3, 0.4) is 0 Å². The van der Waals surface area contributed by atoms with E-state index in [0.717, 1.165) is 21.4 Å². The quantitative estimate of drug-likeness (QED) is 0.706. The maximum Gasteiger partial charge on any atom is 0.226 e. The first-order valence-corrected chi connectivity index (χ1v) is 8.33. The van der Waals surface area contributed by atoms with E-state index in [1.54, 1.807) is 18.5 Å². The fourth-order valence-corrected chi connectivity index (χ4v) is 3.25. The molecule has 1 unspecified atom stereocenters. The van der Waals surface area contributed by atoms with Gasteiger partial charge >= 0.3 is 0 Å². The van der Waals surface area contributed by atoms with Gasteiger partial charge in [0.25, 0.3) is 0 Å². The summed E-state index contributed by atoms with van der Waals surface area (Å²) in [5.74, 6) is 0.747. The van der Waals surface area contributed by atoms with E-state index in [1.165, 1.54) is 0 Å². The standard InChI is InChI=1S/C18H14BrN3O2/c19-12-3-5-13(6-4-12)22-10-20-17-15(9-16(24)21-18(17)22)11-1-7-14(23)8-2-11/h1-8,10,15,23H,9H2,(H,21,24). The number of nitrogens with zero attached hydrogens (tertiary/aromatic N) is 2. The number of anilines is 1. The van der Waals surface area contributed by atoms with Gasteiger partial charge in [0.2, 0.25) is 5.91 Å². The van der Waals surface area contributed by atoms with Crippen LogP contribution in [-0.2, 0) is 4.79 Å². The summed E-state index contributed by atoms with van der Waals surface area (Å²) >= 11 is 3.42. The average molecular weight is 384 g/mol. The van der Waals surface area contributed by atoms with Crippen molar-refractivity contribution < 1.29 is 9.90 Å². The zero-order chi connectivity index (χ0) is 16.7. The van der Waals surface area contributed by atoms with Crippen LogP contribution in [0.4, 0.5) is 5.82 Å². The third kappa shape index (κ3) is 2.59. The van der Waals surface area contributed by atoms with Crippen molar-refractivity contribution in [1.82, 2.24) is 9.55 Å². The predicted octanol–water partition coefficient (Wildman–Crippen LogP) is 3.81. The molecule has 0 spiro atoms. The minimum absolute atomic E-state index is 0.0422. The number of rotatable bonds is 2. The zero-order valence-corrected chi connectivity index (χ0v) is 14.2. The Kier molecular flexibility index (Phi) is 3.61. The zero-order valence-electron chi connectivity index (χ0n) is 12.6. The molecule has 1 atom stereocenters. The molecule has 6 heteroatoms. The van der Waals surface area contributed by atoms with E-state index in [4.69, 9.17) is 0 Å². The minimum atomic E-state index is -0.119. The van der Waals surface area contributed by atoms with Crippen molar-refractivity contribution in [1.29, 1.82) is 0 Å². The number of nitrogens with one attached hydrogen (secondary N) is 1. The molecule has 0 bridgehead atoms. The van der Waals surface area contributed by atoms with E-state index >= 15 is 0 Å². The van der Waals surface area contributed by atoms with Crippen LogP contribution in [0.15, 0.2) is 59.3 Å². The molecule has 24 heavy (non-hydrogen) atoms. The van der Waals surface area contributed by atoms with Crippen LogP contribution >= 0.6 is 15.9 Å². The Balaban J connectivity index is 1.80. The van der Waals surface area contributed by atoms with Gasteiger partial charge in [0.1, 0.15) is 17.9 Å². The van der Waals surface area contributed by atoms with E-state index in [2.05, 4.69) is 26.2 Å². The number of amides is 1. The Hall–Kier alpha value is -2.60. The summed E-state index contributed by atoms with van der Waals surface area (Å²) < 4.78 is 2.87. The molecule has 0 aliphatic carbocycles. The third-order valence-electron chi connectivity index (χ3n) is 4.17. The first-order chi connectivity index (χ1) is 11.6. The number of benzene rings is 2. The number of fused-ring (bicyclic) bond motifs is 1. The maximum atomic E-state index is 12.2. The molecule has 0 saturated carbocycles.